The molecule has 0 aliphatic rings. The molecule has 1 atom stereocenters. The molecular weight excluding hydrogens is 318 g/mol. The monoisotopic (exact) mass is 343 g/mol. The summed E-state index contributed by atoms with van der Waals surface area (Å²) in [5.74, 6) is 1.88. The Hall–Kier alpha value is -2.69. The van der Waals surface area contributed by atoms with Gasteiger partial charge in [0.05, 0.1) is 13.7 Å². The molecule has 2 rings (SSSR count). The van der Waals surface area contributed by atoms with E-state index in [9.17, 15) is 4.79 Å². The minimum atomic E-state index is -0.520. The van der Waals surface area contributed by atoms with Crippen LogP contribution in [-0.2, 0) is 4.79 Å². The van der Waals surface area contributed by atoms with Crippen molar-refractivity contribution in [1.82, 2.24) is 5.32 Å². The fourth-order valence-electron chi connectivity index (χ4n) is 2.36. The van der Waals surface area contributed by atoms with Crippen molar-refractivity contribution in [2.24, 2.45) is 0 Å². The van der Waals surface area contributed by atoms with Gasteiger partial charge in [-0.25, -0.2) is 0 Å². The zero-order valence-electron chi connectivity index (χ0n) is 15.0. The number of aryl methyl sites for hydroxylation is 1. The summed E-state index contributed by atoms with van der Waals surface area (Å²) in [6, 6.07) is 15.1. The maximum atomic E-state index is 12.3. The zero-order valence-corrected chi connectivity index (χ0v) is 15.0. The van der Waals surface area contributed by atoms with Crippen molar-refractivity contribution in [2.75, 3.05) is 20.3 Å². The molecule has 0 aliphatic heterocycles. The van der Waals surface area contributed by atoms with Gasteiger partial charge in [-0.15, -0.1) is 0 Å². The summed E-state index contributed by atoms with van der Waals surface area (Å²) >= 11 is 0. The minimum absolute atomic E-state index is 0.146. The third-order valence-corrected chi connectivity index (χ3v) is 3.66. The molecule has 0 aromatic heterocycles. The van der Waals surface area contributed by atoms with Gasteiger partial charge in [0.25, 0.3) is 5.91 Å². The van der Waals surface area contributed by atoms with Gasteiger partial charge < -0.3 is 19.5 Å². The molecule has 2 aromatic rings. The minimum Gasteiger partial charge on any atom is -0.493 e. The lowest BCUT2D eigenvalue weighted by Crippen LogP contribution is -2.39. The van der Waals surface area contributed by atoms with Crippen LogP contribution in [0.4, 0.5) is 0 Å². The van der Waals surface area contributed by atoms with Crippen LogP contribution in [0.2, 0.25) is 0 Å². The topological polar surface area (TPSA) is 56.8 Å². The first-order chi connectivity index (χ1) is 12.1. The molecule has 2 aromatic carbocycles. The highest BCUT2D eigenvalue weighted by molar-refractivity contribution is 5.81. The number of carbonyl (C=O) groups is 1. The van der Waals surface area contributed by atoms with E-state index in [2.05, 4.69) is 5.32 Å². The Morgan fingerprint density at radius 2 is 1.88 bits per heavy atom. The third kappa shape index (κ3) is 5.71. The summed E-state index contributed by atoms with van der Waals surface area (Å²) < 4.78 is 16.7. The molecule has 0 radical (unpaired) electrons. The molecule has 0 bridgehead atoms. The van der Waals surface area contributed by atoms with Crippen molar-refractivity contribution in [3.63, 3.8) is 0 Å². The van der Waals surface area contributed by atoms with Gasteiger partial charge in [0.1, 0.15) is 12.4 Å². The van der Waals surface area contributed by atoms with Crippen LogP contribution in [0, 0.1) is 6.92 Å². The smallest absolute Gasteiger partial charge is 0.261 e. The van der Waals surface area contributed by atoms with Crippen LogP contribution in [0.15, 0.2) is 48.5 Å². The standard InChI is InChI=1S/C20H25NO4/c1-4-17(25-16-9-7-8-15(2)14-16)20(22)21-12-13-24-19-11-6-5-10-18(19)23-3/h5-11,14,17H,4,12-13H2,1-3H3,(H,21,22)/t17-/m0/s1. The van der Waals surface area contributed by atoms with Crippen LogP contribution in [0.25, 0.3) is 0 Å². The quantitative estimate of drug-likeness (QED) is 0.710. The Labute approximate surface area is 148 Å². The number of amides is 1. The maximum Gasteiger partial charge on any atom is 0.261 e. The average molecular weight is 343 g/mol. The van der Waals surface area contributed by atoms with Gasteiger partial charge in [-0.2, -0.15) is 0 Å². The highest BCUT2D eigenvalue weighted by Crippen LogP contribution is 2.25. The van der Waals surface area contributed by atoms with Crippen molar-refractivity contribution < 1.29 is 19.0 Å². The molecule has 25 heavy (non-hydrogen) atoms. The summed E-state index contributed by atoms with van der Waals surface area (Å²) in [7, 11) is 1.60. The van der Waals surface area contributed by atoms with Crippen LogP contribution in [-0.4, -0.2) is 32.3 Å². The van der Waals surface area contributed by atoms with E-state index in [-0.39, 0.29) is 5.91 Å². The van der Waals surface area contributed by atoms with Gasteiger partial charge >= 0.3 is 0 Å². The molecule has 134 valence electrons. The van der Waals surface area contributed by atoms with Crippen LogP contribution in [0.3, 0.4) is 0 Å². The van der Waals surface area contributed by atoms with Crippen LogP contribution in [0.5, 0.6) is 17.2 Å². The molecule has 5 nitrogen and oxygen atoms in total. The number of rotatable bonds is 9. The zero-order chi connectivity index (χ0) is 18.1. The van der Waals surface area contributed by atoms with Gasteiger partial charge in [-0.05, 0) is 43.2 Å². The van der Waals surface area contributed by atoms with Crippen molar-refractivity contribution in [2.45, 2.75) is 26.4 Å². The highest BCUT2D eigenvalue weighted by Gasteiger charge is 2.18. The maximum absolute atomic E-state index is 12.3. The molecule has 0 heterocycles. The second-order valence-corrected chi connectivity index (χ2v) is 5.62. The first-order valence-corrected chi connectivity index (χ1v) is 8.41. The van der Waals surface area contributed by atoms with E-state index >= 15 is 0 Å². The summed E-state index contributed by atoms with van der Waals surface area (Å²) in [5, 5.41) is 2.85. The molecule has 0 saturated heterocycles. The third-order valence-electron chi connectivity index (χ3n) is 3.66. The second-order valence-electron chi connectivity index (χ2n) is 5.62. The van der Waals surface area contributed by atoms with Crippen LogP contribution >= 0.6 is 0 Å². The molecule has 0 unspecified atom stereocenters. The molecule has 0 saturated carbocycles. The lowest BCUT2D eigenvalue weighted by atomic mass is 10.2. The number of benzene rings is 2. The highest BCUT2D eigenvalue weighted by atomic mass is 16.5. The molecule has 1 N–H and O–H groups in total. The van der Waals surface area contributed by atoms with Crippen molar-refractivity contribution in [1.29, 1.82) is 0 Å². The Bertz CT molecular complexity index is 687. The van der Waals surface area contributed by atoms with Crippen molar-refractivity contribution in [3.05, 3.63) is 54.1 Å². The Morgan fingerprint density at radius 1 is 1.12 bits per heavy atom. The summed E-state index contributed by atoms with van der Waals surface area (Å²) in [5.41, 5.74) is 1.10. The number of para-hydroxylation sites is 2. The second kappa shape index (κ2) is 9.57. The predicted molar refractivity (Wildman–Crippen MR) is 97.4 cm³/mol. The SMILES string of the molecule is CC[C@H](Oc1cccc(C)c1)C(=O)NCCOc1ccccc1OC. The van der Waals surface area contributed by atoms with Gasteiger partial charge in [-0.1, -0.05) is 31.2 Å². The molecular formula is C20H25NO4. The van der Waals surface area contributed by atoms with Crippen LogP contribution in [0.1, 0.15) is 18.9 Å². The van der Waals surface area contributed by atoms with Crippen LogP contribution < -0.4 is 19.5 Å². The molecule has 0 fully saturated rings. The van der Waals surface area contributed by atoms with Gasteiger partial charge in [0, 0.05) is 0 Å². The van der Waals surface area contributed by atoms with E-state index in [1.807, 2.05) is 62.4 Å². The first kappa shape index (κ1) is 18.6. The fraction of sp³-hybridized carbons (Fsp3) is 0.350. The number of hydrogen-bond acceptors (Lipinski definition) is 4. The van der Waals surface area contributed by atoms with Gasteiger partial charge in [0.2, 0.25) is 0 Å². The Kier molecular flexibility index (Phi) is 7.14. The summed E-state index contributed by atoms with van der Waals surface area (Å²) in [6.07, 6.45) is 0.0701. The van der Waals surface area contributed by atoms with E-state index in [0.29, 0.717) is 36.8 Å². The Morgan fingerprint density at radius 3 is 2.56 bits per heavy atom. The fourth-order valence-corrected chi connectivity index (χ4v) is 2.36. The lowest BCUT2D eigenvalue weighted by Gasteiger charge is -2.18. The van der Waals surface area contributed by atoms with E-state index in [4.69, 9.17) is 14.2 Å². The average Bonchev–Trinajstić information content (AvgIpc) is 2.63. The predicted octanol–water partition coefficient (Wildman–Crippen LogP) is 3.36. The van der Waals surface area contributed by atoms with Crippen molar-refractivity contribution in [3.8, 4) is 17.2 Å². The normalized spacial score (nSPS) is 11.5. The molecule has 5 heteroatoms. The molecule has 1 amide bonds. The van der Waals surface area contributed by atoms with E-state index in [1.54, 1.807) is 7.11 Å². The largest absolute Gasteiger partial charge is 0.493 e. The molecule has 0 aliphatic carbocycles. The summed E-state index contributed by atoms with van der Waals surface area (Å²) in [4.78, 5) is 12.3. The summed E-state index contributed by atoms with van der Waals surface area (Å²) in [6.45, 7) is 4.66. The number of hydrogen-bond donors (Lipinski definition) is 1. The Balaban J connectivity index is 1.80. The molecule has 0 spiro atoms. The van der Waals surface area contributed by atoms with Gasteiger partial charge in [-0.3, -0.25) is 4.79 Å². The number of ether oxygens (including phenoxy) is 3. The van der Waals surface area contributed by atoms with E-state index in [0.717, 1.165) is 5.56 Å². The lowest BCUT2D eigenvalue weighted by molar-refractivity contribution is -0.128. The van der Waals surface area contributed by atoms with E-state index in [1.165, 1.54) is 0 Å². The number of methoxy groups -OCH3 is 1. The first-order valence-electron chi connectivity index (χ1n) is 8.41. The number of nitrogens with one attached hydrogen (secondary N) is 1. The van der Waals surface area contributed by atoms with Crippen molar-refractivity contribution >= 4 is 5.91 Å². The number of carbonyl (C=O) groups excluding carboxylic acids is 1. The van der Waals surface area contributed by atoms with Gasteiger partial charge in [0.15, 0.2) is 17.6 Å². The van der Waals surface area contributed by atoms with E-state index < -0.39 is 6.10 Å².